The molecule has 2 heterocycles. The lowest BCUT2D eigenvalue weighted by molar-refractivity contribution is -0.121. The van der Waals surface area contributed by atoms with Crippen molar-refractivity contribution in [3.8, 4) is 0 Å². The number of likely N-dealkylation sites (tertiary alicyclic amines) is 1. The van der Waals surface area contributed by atoms with Gasteiger partial charge in [0.15, 0.2) is 5.82 Å². The zero-order valence-electron chi connectivity index (χ0n) is 15.1. The zero-order valence-corrected chi connectivity index (χ0v) is 15.1. The van der Waals surface area contributed by atoms with Gasteiger partial charge in [-0.2, -0.15) is 0 Å². The predicted octanol–water partition coefficient (Wildman–Crippen LogP) is 3.63. The van der Waals surface area contributed by atoms with E-state index in [4.69, 9.17) is 4.52 Å². The van der Waals surface area contributed by atoms with E-state index in [0.29, 0.717) is 43.1 Å². The maximum Gasteiger partial charge on any atom is 0.253 e. The summed E-state index contributed by atoms with van der Waals surface area (Å²) < 4.78 is 4.96. The van der Waals surface area contributed by atoms with Crippen molar-refractivity contribution in [2.45, 2.75) is 19.8 Å². The molecule has 0 atom stereocenters. The van der Waals surface area contributed by atoms with E-state index in [-0.39, 0.29) is 17.7 Å². The molecule has 1 aliphatic heterocycles. The van der Waals surface area contributed by atoms with Crippen molar-refractivity contribution < 1.29 is 14.1 Å². The van der Waals surface area contributed by atoms with Crippen LogP contribution in [0.25, 0.3) is 10.8 Å². The average molecular weight is 363 g/mol. The first kappa shape index (κ1) is 17.3. The number of rotatable bonds is 3. The molecule has 2 amide bonds. The van der Waals surface area contributed by atoms with Gasteiger partial charge in [-0.15, -0.1) is 0 Å². The summed E-state index contributed by atoms with van der Waals surface area (Å²) in [7, 11) is 0. The molecule has 1 aromatic heterocycles. The molecule has 1 N–H and O–H groups in total. The Kier molecular flexibility index (Phi) is 4.62. The molecule has 6 nitrogen and oxygen atoms in total. The highest BCUT2D eigenvalue weighted by molar-refractivity contribution is 5.99. The first-order valence-electron chi connectivity index (χ1n) is 9.12. The van der Waals surface area contributed by atoms with Gasteiger partial charge in [0.2, 0.25) is 5.91 Å². The lowest BCUT2D eigenvalue weighted by atomic mass is 9.95. The van der Waals surface area contributed by atoms with Crippen LogP contribution in [-0.4, -0.2) is 35.0 Å². The minimum atomic E-state index is -0.123. The molecule has 0 spiro atoms. The molecule has 6 heteroatoms. The van der Waals surface area contributed by atoms with Gasteiger partial charge in [0.25, 0.3) is 5.91 Å². The van der Waals surface area contributed by atoms with E-state index in [2.05, 4.69) is 10.5 Å². The van der Waals surface area contributed by atoms with Crippen LogP contribution in [0.15, 0.2) is 53.1 Å². The summed E-state index contributed by atoms with van der Waals surface area (Å²) in [5, 5.41) is 8.74. The van der Waals surface area contributed by atoms with Crippen molar-refractivity contribution in [3.05, 3.63) is 59.9 Å². The number of piperidine rings is 1. The number of benzene rings is 2. The summed E-state index contributed by atoms with van der Waals surface area (Å²) in [4.78, 5) is 27.0. The number of amides is 2. The Labute approximate surface area is 157 Å². The van der Waals surface area contributed by atoms with Gasteiger partial charge in [-0.1, -0.05) is 35.5 Å². The van der Waals surface area contributed by atoms with Crippen molar-refractivity contribution in [1.82, 2.24) is 10.1 Å². The van der Waals surface area contributed by atoms with Gasteiger partial charge in [-0.05, 0) is 42.7 Å². The van der Waals surface area contributed by atoms with E-state index in [1.54, 1.807) is 13.0 Å². The van der Waals surface area contributed by atoms with Crippen molar-refractivity contribution in [1.29, 1.82) is 0 Å². The highest BCUT2D eigenvalue weighted by atomic mass is 16.5. The SMILES string of the molecule is Cc1cc(NC(=O)C2CCN(C(=O)c3ccc4ccccc4c3)CC2)no1. The summed E-state index contributed by atoms with van der Waals surface area (Å²) in [6, 6.07) is 15.5. The fourth-order valence-corrected chi connectivity index (χ4v) is 3.50. The fraction of sp³-hybridized carbons (Fsp3) is 0.286. The van der Waals surface area contributed by atoms with Gasteiger partial charge in [0.05, 0.1) is 0 Å². The van der Waals surface area contributed by atoms with E-state index >= 15 is 0 Å². The van der Waals surface area contributed by atoms with Crippen LogP contribution in [0.3, 0.4) is 0 Å². The molecule has 138 valence electrons. The third-order valence-electron chi connectivity index (χ3n) is 5.03. The Hall–Kier alpha value is -3.15. The number of carbonyl (C=O) groups is 2. The van der Waals surface area contributed by atoms with Crippen LogP contribution in [0.1, 0.15) is 29.0 Å². The number of nitrogens with one attached hydrogen (secondary N) is 1. The van der Waals surface area contributed by atoms with E-state index in [1.807, 2.05) is 47.4 Å². The highest BCUT2D eigenvalue weighted by Crippen LogP contribution is 2.22. The fourth-order valence-electron chi connectivity index (χ4n) is 3.50. The van der Waals surface area contributed by atoms with E-state index in [1.165, 1.54) is 0 Å². The molecule has 0 unspecified atom stereocenters. The lowest BCUT2D eigenvalue weighted by Gasteiger charge is -2.31. The molecular formula is C21H21N3O3. The Balaban J connectivity index is 1.37. The van der Waals surface area contributed by atoms with Crippen LogP contribution in [0, 0.1) is 12.8 Å². The Morgan fingerprint density at radius 2 is 1.81 bits per heavy atom. The van der Waals surface area contributed by atoms with Crippen molar-refractivity contribution in [2.24, 2.45) is 5.92 Å². The summed E-state index contributed by atoms with van der Waals surface area (Å²) in [5.41, 5.74) is 0.690. The molecule has 0 bridgehead atoms. The number of aryl methyl sites for hydroxylation is 1. The van der Waals surface area contributed by atoms with Crippen molar-refractivity contribution >= 4 is 28.4 Å². The molecule has 0 aliphatic carbocycles. The van der Waals surface area contributed by atoms with Crippen LogP contribution in [0.5, 0.6) is 0 Å². The van der Waals surface area contributed by atoms with Crippen LogP contribution in [-0.2, 0) is 4.79 Å². The number of fused-ring (bicyclic) bond motifs is 1. The second-order valence-electron chi connectivity index (χ2n) is 6.94. The van der Waals surface area contributed by atoms with Crippen LogP contribution >= 0.6 is 0 Å². The first-order valence-corrected chi connectivity index (χ1v) is 9.12. The number of aromatic nitrogens is 1. The summed E-state index contributed by atoms with van der Waals surface area (Å²) >= 11 is 0. The van der Waals surface area contributed by atoms with Crippen LogP contribution < -0.4 is 5.32 Å². The second kappa shape index (κ2) is 7.23. The maximum atomic E-state index is 12.8. The first-order chi connectivity index (χ1) is 13.1. The van der Waals surface area contributed by atoms with E-state index < -0.39 is 0 Å². The summed E-state index contributed by atoms with van der Waals surface area (Å²) in [6.07, 6.45) is 1.28. The topological polar surface area (TPSA) is 75.4 Å². The van der Waals surface area contributed by atoms with Gasteiger partial charge >= 0.3 is 0 Å². The molecule has 1 fully saturated rings. The highest BCUT2D eigenvalue weighted by Gasteiger charge is 2.28. The molecule has 1 aliphatic rings. The largest absolute Gasteiger partial charge is 0.360 e. The van der Waals surface area contributed by atoms with Crippen molar-refractivity contribution in [2.75, 3.05) is 18.4 Å². The number of carbonyl (C=O) groups excluding carboxylic acids is 2. The Morgan fingerprint density at radius 3 is 2.52 bits per heavy atom. The Bertz CT molecular complexity index is 987. The van der Waals surface area contributed by atoms with Gasteiger partial charge in [-0.25, -0.2) is 0 Å². The molecule has 27 heavy (non-hydrogen) atoms. The third kappa shape index (κ3) is 3.69. The average Bonchev–Trinajstić information content (AvgIpc) is 3.11. The molecule has 0 saturated carbocycles. The smallest absolute Gasteiger partial charge is 0.253 e. The van der Waals surface area contributed by atoms with E-state index in [9.17, 15) is 9.59 Å². The standard InChI is InChI=1S/C21H21N3O3/c1-14-12-19(23-27-14)22-20(25)16-8-10-24(11-9-16)21(26)18-7-6-15-4-2-3-5-17(15)13-18/h2-7,12-13,16H,8-11H2,1H3,(H,22,23,25). The number of anilines is 1. The lowest BCUT2D eigenvalue weighted by Crippen LogP contribution is -2.41. The van der Waals surface area contributed by atoms with Gasteiger partial charge < -0.3 is 14.7 Å². The molecule has 0 radical (unpaired) electrons. The Morgan fingerprint density at radius 1 is 1.07 bits per heavy atom. The zero-order chi connectivity index (χ0) is 18.8. The quantitative estimate of drug-likeness (QED) is 0.771. The monoisotopic (exact) mass is 363 g/mol. The molecular weight excluding hydrogens is 342 g/mol. The number of nitrogens with zero attached hydrogens (tertiary/aromatic N) is 2. The van der Waals surface area contributed by atoms with Crippen molar-refractivity contribution in [3.63, 3.8) is 0 Å². The van der Waals surface area contributed by atoms with Gasteiger partial charge in [0, 0.05) is 30.6 Å². The number of hydrogen-bond donors (Lipinski definition) is 1. The molecule has 3 aromatic rings. The summed E-state index contributed by atoms with van der Waals surface area (Å²) in [6.45, 7) is 2.92. The van der Waals surface area contributed by atoms with Crippen LogP contribution in [0.4, 0.5) is 5.82 Å². The molecule has 2 aromatic carbocycles. The van der Waals surface area contributed by atoms with Crippen LogP contribution in [0.2, 0.25) is 0 Å². The predicted molar refractivity (Wildman–Crippen MR) is 102 cm³/mol. The maximum absolute atomic E-state index is 12.8. The van der Waals surface area contributed by atoms with E-state index in [0.717, 1.165) is 10.8 Å². The molecule has 1 saturated heterocycles. The minimum absolute atomic E-state index is 0.0201. The number of hydrogen-bond acceptors (Lipinski definition) is 4. The second-order valence-corrected chi connectivity index (χ2v) is 6.94. The minimum Gasteiger partial charge on any atom is -0.360 e. The normalized spacial score (nSPS) is 15.1. The van der Waals surface area contributed by atoms with Gasteiger partial charge in [-0.3, -0.25) is 9.59 Å². The molecule has 4 rings (SSSR count). The summed E-state index contributed by atoms with van der Waals surface area (Å²) in [5.74, 6) is 0.920. The van der Waals surface area contributed by atoms with Gasteiger partial charge in [0.1, 0.15) is 5.76 Å². The third-order valence-corrected chi connectivity index (χ3v) is 5.03.